The molecule has 0 fully saturated rings. The number of hydrogen-bond acceptors (Lipinski definition) is 3. The van der Waals surface area contributed by atoms with Crippen LogP contribution in [-0.2, 0) is 18.4 Å². The maximum Gasteiger partial charge on any atom is 0.407 e. The number of hydrogen-bond donors (Lipinski definition) is 1. The van der Waals surface area contributed by atoms with Crippen LogP contribution >= 0.6 is 15.9 Å². The first-order valence-corrected chi connectivity index (χ1v) is 11.7. The highest BCUT2D eigenvalue weighted by Crippen LogP contribution is 2.34. The van der Waals surface area contributed by atoms with Gasteiger partial charge in [-0.15, -0.1) is 0 Å². The fourth-order valence-electron chi connectivity index (χ4n) is 3.91. The second-order valence-electron chi connectivity index (χ2n) is 8.10. The minimum atomic E-state index is -0.956. The maximum absolute atomic E-state index is 15.3. The third-order valence-electron chi connectivity index (χ3n) is 5.73. The molecule has 1 aromatic heterocycles. The summed E-state index contributed by atoms with van der Waals surface area (Å²) in [5.74, 6) is -0.340. The fraction of sp³-hybridized carbons (Fsp3) is 0.231. The Hall–Kier alpha value is -3.23. The molecule has 1 amide bonds. The van der Waals surface area contributed by atoms with E-state index < -0.39 is 6.09 Å². The quantitative estimate of drug-likeness (QED) is 0.273. The van der Waals surface area contributed by atoms with Crippen LogP contribution in [0.15, 0.2) is 65.1 Å². The van der Waals surface area contributed by atoms with E-state index in [1.807, 2.05) is 55.6 Å². The van der Waals surface area contributed by atoms with Crippen molar-refractivity contribution in [2.24, 2.45) is 7.05 Å². The predicted molar refractivity (Wildman–Crippen MR) is 134 cm³/mol. The topological polar surface area (TPSA) is 67.6 Å². The van der Waals surface area contributed by atoms with Gasteiger partial charge < -0.3 is 14.7 Å². The molecule has 0 saturated heterocycles. The maximum atomic E-state index is 15.3. The van der Waals surface area contributed by atoms with Crippen LogP contribution in [0.4, 0.5) is 9.18 Å². The van der Waals surface area contributed by atoms with Gasteiger partial charge in [0.1, 0.15) is 11.5 Å². The van der Waals surface area contributed by atoms with Crippen LogP contribution in [0.25, 0.3) is 33.3 Å². The average molecular weight is 526 g/mol. The molecular weight excluding hydrogens is 501 g/mol. The molecular formula is C26H25BrFN3O3. The second-order valence-corrected chi connectivity index (χ2v) is 9.01. The van der Waals surface area contributed by atoms with Crippen LogP contribution in [0, 0.1) is 5.82 Å². The van der Waals surface area contributed by atoms with Crippen LogP contribution in [0.3, 0.4) is 0 Å². The number of aryl methyl sites for hydroxylation is 1. The molecule has 0 aliphatic carbocycles. The third kappa shape index (κ3) is 5.13. The largest absolute Gasteiger partial charge is 0.465 e. The Balaban J connectivity index is 1.53. The number of carboxylic acid groups (broad SMARTS) is 1. The summed E-state index contributed by atoms with van der Waals surface area (Å²) < 4.78 is 23.8. The number of nitrogens with zero attached hydrogens (tertiary/aromatic N) is 3. The van der Waals surface area contributed by atoms with Gasteiger partial charge in [-0.2, -0.15) is 5.10 Å². The monoisotopic (exact) mass is 525 g/mol. The number of aromatic nitrogens is 2. The van der Waals surface area contributed by atoms with Crippen molar-refractivity contribution in [3.63, 3.8) is 0 Å². The van der Waals surface area contributed by atoms with Crippen molar-refractivity contribution in [1.82, 2.24) is 14.7 Å². The van der Waals surface area contributed by atoms with Gasteiger partial charge in [-0.1, -0.05) is 46.3 Å². The standard InChI is InChI=1S/C26H25BrFN3O3/c1-30(26(32)33)12-5-13-34-16-18-6-3-4-7-20(18)17-8-10-21(23(28)14-17)25-22-11-9-19(27)15-24(22)31(2)29-25/h3-4,6-11,14-15H,5,12-13,16H2,1-2H3,(H,32,33). The van der Waals surface area contributed by atoms with E-state index >= 15 is 4.39 Å². The Morgan fingerprint density at radius 1 is 1.15 bits per heavy atom. The van der Waals surface area contributed by atoms with E-state index in [2.05, 4.69) is 21.0 Å². The van der Waals surface area contributed by atoms with Gasteiger partial charge in [-0.05, 0) is 53.4 Å². The zero-order valence-corrected chi connectivity index (χ0v) is 20.5. The van der Waals surface area contributed by atoms with E-state index in [0.717, 1.165) is 32.1 Å². The molecule has 4 aromatic rings. The van der Waals surface area contributed by atoms with Gasteiger partial charge in [0, 0.05) is 42.7 Å². The fourth-order valence-corrected chi connectivity index (χ4v) is 4.26. The van der Waals surface area contributed by atoms with Crippen molar-refractivity contribution in [3.05, 3.63) is 76.5 Å². The second kappa shape index (κ2) is 10.4. The van der Waals surface area contributed by atoms with Crippen LogP contribution in [-0.4, -0.2) is 46.1 Å². The van der Waals surface area contributed by atoms with Crippen LogP contribution in [0.2, 0.25) is 0 Å². The number of halogens is 2. The summed E-state index contributed by atoms with van der Waals surface area (Å²) in [6, 6.07) is 18.8. The van der Waals surface area contributed by atoms with Crippen LogP contribution in [0.5, 0.6) is 0 Å². The molecule has 176 valence electrons. The highest BCUT2D eigenvalue weighted by molar-refractivity contribution is 9.10. The van der Waals surface area contributed by atoms with Crippen molar-refractivity contribution in [1.29, 1.82) is 0 Å². The van der Waals surface area contributed by atoms with Crippen molar-refractivity contribution in [2.75, 3.05) is 20.2 Å². The Labute approximate surface area is 205 Å². The van der Waals surface area contributed by atoms with Crippen molar-refractivity contribution in [2.45, 2.75) is 13.0 Å². The Morgan fingerprint density at radius 3 is 2.71 bits per heavy atom. The number of amides is 1. The number of benzene rings is 3. The molecule has 0 aliphatic heterocycles. The van der Waals surface area contributed by atoms with Gasteiger partial charge >= 0.3 is 6.09 Å². The summed E-state index contributed by atoms with van der Waals surface area (Å²) in [5, 5.41) is 14.4. The van der Waals surface area contributed by atoms with Crippen molar-refractivity contribution >= 4 is 32.9 Å². The highest BCUT2D eigenvalue weighted by Gasteiger charge is 2.16. The summed E-state index contributed by atoms with van der Waals surface area (Å²) in [5.41, 5.74) is 4.57. The molecule has 0 atom stereocenters. The normalized spacial score (nSPS) is 11.2. The molecule has 0 spiro atoms. The number of rotatable bonds is 8. The van der Waals surface area contributed by atoms with Crippen molar-refractivity contribution in [3.8, 4) is 22.4 Å². The van der Waals surface area contributed by atoms with Crippen molar-refractivity contribution < 1.29 is 19.0 Å². The van der Waals surface area contributed by atoms with Gasteiger partial charge in [-0.25, -0.2) is 9.18 Å². The number of ether oxygens (including phenoxy) is 1. The summed E-state index contributed by atoms with van der Waals surface area (Å²) in [6.07, 6.45) is -0.356. The zero-order chi connectivity index (χ0) is 24.2. The number of fused-ring (bicyclic) bond motifs is 1. The van der Waals surface area contributed by atoms with Gasteiger partial charge in [0.15, 0.2) is 0 Å². The van der Waals surface area contributed by atoms with E-state index in [1.165, 1.54) is 18.0 Å². The molecule has 4 rings (SSSR count). The molecule has 1 heterocycles. The molecule has 1 N–H and O–H groups in total. The Morgan fingerprint density at radius 2 is 1.94 bits per heavy atom. The smallest absolute Gasteiger partial charge is 0.407 e. The zero-order valence-electron chi connectivity index (χ0n) is 19.0. The lowest BCUT2D eigenvalue weighted by Crippen LogP contribution is -2.26. The first-order chi connectivity index (χ1) is 16.3. The minimum absolute atomic E-state index is 0.340. The lowest BCUT2D eigenvalue weighted by atomic mass is 9.97. The summed E-state index contributed by atoms with van der Waals surface area (Å²) in [6.45, 7) is 1.20. The molecule has 8 heteroatoms. The Kier molecular flexibility index (Phi) is 7.29. The lowest BCUT2D eigenvalue weighted by Gasteiger charge is -2.14. The van der Waals surface area contributed by atoms with Crippen LogP contribution in [0.1, 0.15) is 12.0 Å². The first kappa shape index (κ1) is 23.9. The predicted octanol–water partition coefficient (Wildman–Crippen LogP) is 6.33. The molecule has 0 radical (unpaired) electrons. The molecule has 34 heavy (non-hydrogen) atoms. The summed E-state index contributed by atoms with van der Waals surface area (Å²) in [4.78, 5) is 12.1. The molecule has 0 saturated carbocycles. The minimum Gasteiger partial charge on any atom is -0.465 e. The SMILES string of the molecule is CN(CCCOCc1ccccc1-c1ccc(-c2nn(C)c3cc(Br)ccc23)c(F)c1)C(=O)O. The lowest BCUT2D eigenvalue weighted by molar-refractivity contribution is 0.108. The summed E-state index contributed by atoms with van der Waals surface area (Å²) >= 11 is 3.48. The number of carbonyl (C=O) groups is 1. The molecule has 0 bridgehead atoms. The van der Waals surface area contributed by atoms with E-state index in [9.17, 15) is 4.79 Å². The Bertz CT molecular complexity index is 1340. The third-order valence-corrected chi connectivity index (χ3v) is 6.23. The summed E-state index contributed by atoms with van der Waals surface area (Å²) in [7, 11) is 3.38. The van der Waals surface area contributed by atoms with Gasteiger partial charge in [0.2, 0.25) is 0 Å². The first-order valence-electron chi connectivity index (χ1n) is 10.9. The molecule has 6 nitrogen and oxygen atoms in total. The van der Waals surface area contributed by atoms with E-state index in [-0.39, 0.29) is 5.82 Å². The van der Waals surface area contributed by atoms with Crippen LogP contribution < -0.4 is 0 Å². The van der Waals surface area contributed by atoms with Gasteiger partial charge in [0.25, 0.3) is 0 Å². The molecule has 0 unspecified atom stereocenters. The molecule has 3 aromatic carbocycles. The van der Waals surface area contributed by atoms with E-state index in [0.29, 0.717) is 37.4 Å². The van der Waals surface area contributed by atoms with E-state index in [1.54, 1.807) is 10.7 Å². The average Bonchev–Trinajstić information content (AvgIpc) is 3.14. The van der Waals surface area contributed by atoms with Gasteiger partial charge in [-0.3, -0.25) is 4.68 Å². The highest BCUT2D eigenvalue weighted by atomic mass is 79.9. The van der Waals surface area contributed by atoms with E-state index in [4.69, 9.17) is 9.84 Å². The molecule has 0 aliphatic rings. The van der Waals surface area contributed by atoms with Gasteiger partial charge in [0.05, 0.1) is 12.1 Å².